The number of ketones is 1. The molecule has 0 aliphatic heterocycles. The minimum atomic E-state index is -0.338. The minimum absolute atomic E-state index is 0.288. The van der Waals surface area contributed by atoms with Crippen LogP contribution in [0.2, 0.25) is 0 Å². The molecule has 1 rings (SSSR count). The van der Waals surface area contributed by atoms with Crippen molar-refractivity contribution in [3.63, 3.8) is 0 Å². The Labute approximate surface area is 116 Å². The molecule has 4 heteroatoms. The molecule has 1 heterocycles. The first-order valence-corrected chi connectivity index (χ1v) is 7.30. The van der Waals surface area contributed by atoms with Crippen LogP contribution < -0.4 is 0 Å². The first-order valence-electron chi connectivity index (χ1n) is 7.30. The topological polar surface area (TPSA) is 38.1 Å². The number of carbonyl (C=O) groups excluding carboxylic acids is 1. The van der Waals surface area contributed by atoms with Crippen molar-refractivity contribution in [1.29, 1.82) is 0 Å². The molecular weight excluding hydrogens is 238 g/mol. The van der Waals surface area contributed by atoms with Gasteiger partial charge in [0.25, 0.3) is 0 Å². The number of aromatic nitrogens is 2. The second-order valence-electron chi connectivity index (χ2n) is 4.97. The molecule has 0 aliphatic carbocycles. The zero-order valence-electron chi connectivity index (χ0n) is 12.9. The van der Waals surface area contributed by atoms with Crippen LogP contribution in [0.5, 0.6) is 0 Å². The van der Waals surface area contributed by atoms with Crippen molar-refractivity contribution >= 4 is 5.78 Å². The third kappa shape index (κ3) is 3.06. The lowest BCUT2D eigenvalue weighted by Crippen LogP contribution is -2.54. The lowest BCUT2D eigenvalue weighted by molar-refractivity contribution is -0.131. The summed E-state index contributed by atoms with van der Waals surface area (Å²) in [5.74, 6) is 1.14. The van der Waals surface area contributed by atoms with Crippen molar-refractivity contribution in [3.05, 3.63) is 18.2 Å². The monoisotopic (exact) mass is 265 g/mol. The van der Waals surface area contributed by atoms with Gasteiger partial charge in [-0.25, -0.2) is 4.98 Å². The highest BCUT2D eigenvalue weighted by atomic mass is 16.1. The molecule has 0 aromatic carbocycles. The summed E-state index contributed by atoms with van der Waals surface area (Å²) in [4.78, 5) is 19.4. The Hall–Kier alpha value is -1.16. The van der Waals surface area contributed by atoms with E-state index in [-0.39, 0.29) is 11.3 Å². The third-order valence-electron chi connectivity index (χ3n) is 4.30. The summed E-state index contributed by atoms with van der Waals surface area (Å²) in [6.07, 6.45) is 5.77. The number of hydrogen-bond acceptors (Lipinski definition) is 3. The van der Waals surface area contributed by atoms with E-state index in [2.05, 4.69) is 37.6 Å². The molecular formula is C15H27N3O. The van der Waals surface area contributed by atoms with Crippen molar-refractivity contribution in [3.8, 4) is 0 Å². The van der Waals surface area contributed by atoms with E-state index in [9.17, 15) is 4.79 Å². The summed E-state index contributed by atoms with van der Waals surface area (Å²) in [6.45, 7) is 10.3. The number of imidazole rings is 1. The predicted molar refractivity (Wildman–Crippen MR) is 78.2 cm³/mol. The molecule has 0 aliphatic rings. The molecule has 19 heavy (non-hydrogen) atoms. The van der Waals surface area contributed by atoms with Gasteiger partial charge in [0.2, 0.25) is 0 Å². The summed E-state index contributed by atoms with van der Waals surface area (Å²) >= 11 is 0. The summed E-state index contributed by atoms with van der Waals surface area (Å²) in [7, 11) is 1.94. The van der Waals surface area contributed by atoms with E-state index in [0.29, 0.717) is 6.42 Å². The molecule has 0 bridgehead atoms. The molecule has 0 amide bonds. The van der Waals surface area contributed by atoms with Gasteiger partial charge in [-0.15, -0.1) is 0 Å². The lowest BCUT2D eigenvalue weighted by atomic mass is 9.84. The molecule has 4 nitrogen and oxygen atoms in total. The fourth-order valence-corrected chi connectivity index (χ4v) is 2.97. The van der Waals surface area contributed by atoms with Crippen LogP contribution >= 0.6 is 0 Å². The van der Waals surface area contributed by atoms with E-state index < -0.39 is 0 Å². The van der Waals surface area contributed by atoms with Gasteiger partial charge in [-0.2, -0.15) is 0 Å². The Kier molecular flexibility index (Phi) is 5.73. The zero-order valence-corrected chi connectivity index (χ0v) is 12.9. The molecule has 108 valence electrons. The highest BCUT2D eigenvalue weighted by molar-refractivity contribution is 5.89. The molecule has 0 saturated carbocycles. The molecule has 1 aromatic heterocycles. The smallest absolute Gasteiger partial charge is 0.160 e. The first kappa shape index (κ1) is 15.9. The Balaban J connectivity index is 2.98. The van der Waals surface area contributed by atoms with E-state index >= 15 is 0 Å². The van der Waals surface area contributed by atoms with Crippen molar-refractivity contribution < 1.29 is 4.79 Å². The van der Waals surface area contributed by atoms with Crippen molar-refractivity contribution in [2.75, 3.05) is 13.1 Å². The van der Waals surface area contributed by atoms with E-state index in [1.54, 1.807) is 6.20 Å². The van der Waals surface area contributed by atoms with Gasteiger partial charge >= 0.3 is 0 Å². The van der Waals surface area contributed by atoms with Crippen LogP contribution in [0.3, 0.4) is 0 Å². The molecule has 1 aromatic rings. The minimum Gasteiger partial charge on any atom is -0.338 e. The van der Waals surface area contributed by atoms with Crippen molar-refractivity contribution in [2.45, 2.75) is 52.5 Å². The number of nitrogens with zero attached hydrogens (tertiary/aromatic N) is 3. The predicted octanol–water partition coefficient (Wildman–Crippen LogP) is 2.43. The molecule has 0 fully saturated rings. The van der Waals surface area contributed by atoms with Crippen LogP contribution in [-0.4, -0.2) is 38.9 Å². The fourth-order valence-electron chi connectivity index (χ4n) is 2.97. The number of carbonyl (C=O) groups is 1. The Bertz CT molecular complexity index is 403. The highest BCUT2D eigenvalue weighted by Crippen LogP contribution is 2.26. The largest absolute Gasteiger partial charge is 0.338 e. The second kappa shape index (κ2) is 6.85. The van der Waals surface area contributed by atoms with Crippen LogP contribution in [-0.2, 0) is 18.3 Å². The fraction of sp³-hybridized carbons (Fsp3) is 0.733. The van der Waals surface area contributed by atoms with Crippen LogP contribution in [0.4, 0.5) is 0 Å². The number of likely N-dealkylation sites (N-methyl/N-ethyl adjacent to an activating group) is 1. The van der Waals surface area contributed by atoms with Gasteiger partial charge in [-0.3, -0.25) is 9.69 Å². The third-order valence-corrected chi connectivity index (χ3v) is 4.30. The zero-order chi connectivity index (χ0) is 14.5. The van der Waals surface area contributed by atoms with Crippen LogP contribution in [0.25, 0.3) is 0 Å². The molecule has 0 spiro atoms. The summed E-state index contributed by atoms with van der Waals surface area (Å²) in [5, 5.41) is 0. The lowest BCUT2D eigenvalue weighted by Gasteiger charge is -2.41. The van der Waals surface area contributed by atoms with Gasteiger partial charge in [0.05, 0.1) is 12.0 Å². The van der Waals surface area contributed by atoms with Crippen LogP contribution in [0.15, 0.2) is 12.4 Å². The normalized spacial score (nSPS) is 12.1. The molecule has 0 N–H and O–H groups in total. The molecule has 0 radical (unpaired) electrons. The Morgan fingerprint density at radius 1 is 1.26 bits per heavy atom. The van der Waals surface area contributed by atoms with Gasteiger partial charge in [-0.1, -0.05) is 27.7 Å². The number of aryl methyl sites for hydroxylation is 1. The molecule has 0 saturated heterocycles. The van der Waals surface area contributed by atoms with Crippen molar-refractivity contribution in [2.24, 2.45) is 7.05 Å². The quantitative estimate of drug-likeness (QED) is 0.724. The van der Waals surface area contributed by atoms with E-state index in [1.165, 1.54) is 0 Å². The van der Waals surface area contributed by atoms with Gasteiger partial charge < -0.3 is 4.57 Å². The van der Waals surface area contributed by atoms with Gasteiger partial charge in [0.1, 0.15) is 5.82 Å². The first-order chi connectivity index (χ1) is 9.05. The molecule has 0 atom stereocenters. The Morgan fingerprint density at radius 2 is 1.84 bits per heavy atom. The van der Waals surface area contributed by atoms with Crippen molar-refractivity contribution in [1.82, 2.24) is 14.5 Å². The van der Waals surface area contributed by atoms with E-state index in [1.807, 2.05) is 17.8 Å². The van der Waals surface area contributed by atoms with E-state index in [0.717, 1.165) is 31.8 Å². The highest BCUT2D eigenvalue weighted by Gasteiger charge is 2.39. The second-order valence-corrected chi connectivity index (χ2v) is 4.97. The maximum atomic E-state index is 12.8. The molecule has 0 unspecified atom stereocenters. The summed E-state index contributed by atoms with van der Waals surface area (Å²) < 4.78 is 1.93. The number of hydrogen-bond donors (Lipinski definition) is 0. The van der Waals surface area contributed by atoms with Crippen LogP contribution in [0.1, 0.15) is 46.4 Å². The Morgan fingerprint density at radius 3 is 2.21 bits per heavy atom. The maximum absolute atomic E-state index is 12.8. The average molecular weight is 265 g/mol. The summed E-state index contributed by atoms with van der Waals surface area (Å²) in [5.41, 5.74) is -0.338. The van der Waals surface area contributed by atoms with Gasteiger partial charge in [0, 0.05) is 19.4 Å². The summed E-state index contributed by atoms with van der Waals surface area (Å²) in [6, 6.07) is 0. The SMILES string of the molecule is CCN(CC)C(CC)(CC)C(=O)Cc1nccn1C. The average Bonchev–Trinajstić information content (AvgIpc) is 2.81. The van der Waals surface area contributed by atoms with Gasteiger partial charge in [-0.05, 0) is 25.9 Å². The number of Topliss-reactive ketones (excluding diaryl/α,β-unsaturated/α-hetero) is 1. The van der Waals surface area contributed by atoms with Crippen LogP contribution in [0, 0.1) is 0 Å². The van der Waals surface area contributed by atoms with Gasteiger partial charge in [0.15, 0.2) is 5.78 Å². The maximum Gasteiger partial charge on any atom is 0.160 e. The van der Waals surface area contributed by atoms with E-state index in [4.69, 9.17) is 0 Å². The number of rotatable bonds is 8. The standard InChI is InChI=1S/C15H27N3O/c1-6-15(7-2,18(8-3)9-4)13(19)12-14-16-10-11-17(14)5/h10-11H,6-9,12H2,1-5H3.